The zero-order valence-corrected chi connectivity index (χ0v) is 24.1. The summed E-state index contributed by atoms with van der Waals surface area (Å²) >= 11 is 0. The highest BCUT2D eigenvalue weighted by molar-refractivity contribution is 6.02. The summed E-state index contributed by atoms with van der Waals surface area (Å²) in [7, 11) is 3.27. The number of fused-ring (bicyclic) bond motifs is 6. The first-order valence-electron chi connectivity index (χ1n) is 13.0. The van der Waals surface area contributed by atoms with Gasteiger partial charge in [0.1, 0.15) is 11.5 Å². The number of carbonyl (C=O) groups is 2. The molecule has 0 saturated carbocycles. The van der Waals surface area contributed by atoms with Gasteiger partial charge in [0.2, 0.25) is 0 Å². The van der Waals surface area contributed by atoms with Crippen LogP contribution in [0.1, 0.15) is 68.9 Å². The van der Waals surface area contributed by atoms with Crippen LogP contribution in [0, 0.1) is 0 Å². The number of nitrogens with one attached hydrogen (secondary N) is 2. The summed E-state index contributed by atoms with van der Waals surface area (Å²) in [6.07, 6.45) is 1.91. The van der Waals surface area contributed by atoms with Crippen LogP contribution in [0.25, 0.3) is 0 Å². The van der Waals surface area contributed by atoms with Gasteiger partial charge >= 0.3 is 0 Å². The molecule has 0 radical (unpaired) electrons. The van der Waals surface area contributed by atoms with Gasteiger partial charge in [0, 0.05) is 39.3 Å². The highest BCUT2D eigenvalue weighted by Gasteiger charge is 2.41. The number of methoxy groups -OCH3 is 2. The van der Waals surface area contributed by atoms with E-state index in [2.05, 4.69) is 36.6 Å². The van der Waals surface area contributed by atoms with E-state index in [4.69, 9.17) is 9.47 Å². The summed E-state index contributed by atoms with van der Waals surface area (Å²) in [6, 6.07) is 8.66. The number of piperazine rings is 2. The molecular formula is C28H38Cl2N4O4. The van der Waals surface area contributed by atoms with E-state index in [0.29, 0.717) is 0 Å². The van der Waals surface area contributed by atoms with Crippen molar-refractivity contribution >= 4 is 36.6 Å². The molecule has 0 aliphatic carbocycles. The number of rotatable bonds is 4. The normalized spacial score (nSPS) is 20.6. The van der Waals surface area contributed by atoms with Crippen molar-refractivity contribution in [1.29, 1.82) is 0 Å². The zero-order chi connectivity index (χ0) is 25.4. The third-order valence-corrected chi connectivity index (χ3v) is 7.80. The molecule has 2 N–H and O–H groups in total. The lowest BCUT2D eigenvalue weighted by atomic mass is 9.98. The van der Waals surface area contributed by atoms with Crippen molar-refractivity contribution in [2.45, 2.75) is 38.8 Å². The van der Waals surface area contributed by atoms with Gasteiger partial charge in [0.25, 0.3) is 11.8 Å². The van der Waals surface area contributed by atoms with Crippen molar-refractivity contribution in [3.05, 3.63) is 57.6 Å². The smallest absolute Gasteiger partial charge is 0.258 e. The van der Waals surface area contributed by atoms with E-state index in [-0.39, 0.29) is 48.7 Å². The summed E-state index contributed by atoms with van der Waals surface area (Å²) in [4.78, 5) is 28.8. The van der Waals surface area contributed by atoms with Crippen LogP contribution < -0.4 is 20.1 Å². The van der Waals surface area contributed by atoms with Gasteiger partial charge < -0.3 is 29.9 Å². The van der Waals surface area contributed by atoms with Gasteiger partial charge in [0.05, 0.1) is 37.4 Å². The second-order valence-corrected chi connectivity index (χ2v) is 9.67. The van der Waals surface area contributed by atoms with Crippen LogP contribution in [-0.2, 0) is 12.8 Å². The number of benzene rings is 2. The molecule has 10 heteroatoms. The van der Waals surface area contributed by atoms with Crippen LogP contribution in [0.5, 0.6) is 11.5 Å². The Labute approximate surface area is 237 Å². The fraction of sp³-hybridized carbons (Fsp3) is 0.500. The first kappa shape index (κ1) is 30.0. The average molecular weight is 566 g/mol. The molecule has 0 aromatic heterocycles. The third kappa shape index (κ3) is 5.07. The van der Waals surface area contributed by atoms with Crippen LogP contribution in [0.2, 0.25) is 0 Å². The molecule has 2 aromatic rings. The lowest BCUT2D eigenvalue weighted by Crippen LogP contribution is -2.44. The fourth-order valence-electron chi connectivity index (χ4n) is 5.84. The van der Waals surface area contributed by atoms with Crippen molar-refractivity contribution in [3.8, 4) is 11.5 Å². The van der Waals surface area contributed by atoms with Crippen LogP contribution in [0.15, 0.2) is 24.3 Å². The van der Waals surface area contributed by atoms with Gasteiger partial charge in [-0.1, -0.05) is 26.0 Å². The fourth-order valence-corrected chi connectivity index (χ4v) is 5.84. The molecular weight excluding hydrogens is 527 g/mol. The Morgan fingerprint density at radius 3 is 1.47 bits per heavy atom. The second kappa shape index (κ2) is 12.6. The van der Waals surface area contributed by atoms with Crippen LogP contribution in [0.4, 0.5) is 0 Å². The standard InChI is InChI=1S/2C14H18N2O2.2ClH/c2*1-3-9-6-10-11-8-15-4-5-16(11)14(17)13(10)12(7-9)18-2;;/h2*6-7,11,15H,3-5,8H2,1-2H3;2*1H/t2*11-;;/m00../s1. The largest absolute Gasteiger partial charge is 0.496 e. The summed E-state index contributed by atoms with van der Waals surface area (Å²) in [5.74, 6) is 1.69. The van der Waals surface area contributed by atoms with Crippen molar-refractivity contribution in [3.63, 3.8) is 0 Å². The number of ether oxygens (including phenoxy) is 2. The number of hydrogen-bond acceptors (Lipinski definition) is 6. The molecule has 2 fully saturated rings. The highest BCUT2D eigenvalue weighted by Crippen LogP contribution is 2.41. The Morgan fingerprint density at radius 2 is 1.13 bits per heavy atom. The predicted octanol–water partition coefficient (Wildman–Crippen LogP) is 3.56. The number of aryl methyl sites for hydroxylation is 2. The van der Waals surface area contributed by atoms with Crippen molar-refractivity contribution in [1.82, 2.24) is 20.4 Å². The summed E-state index contributed by atoms with van der Waals surface area (Å²) in [5.41, 5.74) is 6.25. The minimum atomic E-state index is 0. The van der Waals surface area contributed by atoms with Crippen LogP contribution >= 0.6 is 24.8 Å². The van der Waals surface area contributed by atoms with E-state index in [1.165, 1.54) is 11.1 Å². The van der Waals surface area contributed by atoms with Gasteiger partial charge in [-0.2, -0.15) is 0 Å². The Hall–Kier alpha value is -2.52. The van der Waals surface area contributed by atoms with Gasteiger partial charge in [0.15, 0.2) is 0 Å². The molecule has 4 aliphatic heterocycles. The molecule has 6 rings (SSSR count). The Balaban J connectivity index is 0.000000200. The van der Waals surface area contributed by atoms with E-state index in [1.54, 1.807) is 14.2 Å². The van der Waals surface area contributed by atoms with E-state index in [0.717, 1.165) is 85.9 Å². The lowest BCUT2D eigenvalue weighted by Gasteiger charge is -2.30. The average Bonchev–Trinajstić information content (AvgIpc) is 3.39. The quantitative estimate of drug-likeness (QED) is 0.590. The molecule has 0 bridgehead atoms. The number of hydrogen-bond donors (Lipinski definition) is 2. The van der Waals surface area contributed by atoms with Gasteiger partial charge in [-0.25, -0.2) is 0 Å². The Bertz CT molecular complexity index is 1100. The molecule has 4 aliphatic rings. The van der Waals surface area contributed by atoms with E-state index >= 15 is 0 Å². The van der Waals surface area contributed by atoms with Crippen molar-refractivity contribution in [2.75, 3.05) is 53.5 Å². The first-order chi connectivity index (χ1) is 17.5. The third-order valence-electron chi connectivity index (χ3n) is 7.80. The topological polar surface area (TPSA) is 83.1 Å². The Morgan fingerprint density at radius 1 is 0.737 bits per heavy atom. The summed E-state index contributed by atoms with van der Waals surface area (Å²) < 4.78 is 10.8. The molecule has 2 saturated heterocycles. The zero-order valence-electron chi connectivity index (χ0n) is 22.5. The number of carbonyl (C=O) groups excluding carboxylic acids is 2. The molecule has 8 nitrogen and oxygen atoms in total. The minimum absolute atomic E-state index is 0. The SMILES string of the molecule is CCc1cc(OC)c2c(c1)[C@@H]1CNCCN1C2=O.CCc1cc(OC)c2c(c1)[C@@H]1CNCCN1C2=O.Cl.Cl. The first-order valence-corrected chi connectivity index (χ1v) is 13.0. The molecule has 2 aromatic carbocycles. The van der Waals surface area contributed by atoms with Crippen LogP contribution in [-0.4, -0.2) is 75.1 Å². The maximum atomic E-state index is 12.4. The summed E-state index contributed by atoms with van der Waals surface area (Å²) in [6.45, 7) is 9.23. The number of halogens is 2. The van der Waals surface area contributed by atoms with E-state index in [9.17, 15) is 9.59 Å². The molecule has 0 spiro atoms. The van der Waals surface area contributed by atoms with Crippen molar-refractivity contribution < 1.29 is 19.1 Å². The minimum Gasteiger partial charge on any atom is -0.496 e. The molecule has 4 heterocycles. The maximum Gasteiger partial charge on any atom is 0.258 e. The highest BCUT2D eigenvalue weighted by atomic mass is 35.5. The summed E-state index contributed by atoms with van der Waals surface area (Å²) in [5, 5.41) is 6.72. The predicted molar refractivity (Wildman–Crippen MR) is 153 cm³/mol. The van der Waals surface area contributed by atoms with E-state index < -0.39 is 0 Å². The van der Waals surface area contributed by atoms with Gasteiger partial charge in [-0.15, -0.1) is 24.8 Å². The number of nitrogens with zero attached hydrogens (tertiary/aromatic N) is 2. The molecule has 2 amide bonds. The molecule has 2 atom stereocenters. The lowest BCUT2D eigenvalue weighted by molar-refractivity contribution is 0.0681. The van der Waals surface area contributed by atoms with Gasteiger partial charge in [-0.05, 0) is 47.2 Å². The monoisotopic (exact) mass is 564 g/mol. The number of amides is 2. The van der Waals surface area contributed by atoms with E-state index in [1.807, 2.05) is 21.9 Å². The molecule has 208 valence electrons. The van der Waals surface area contributed by atoms with Gasteiger partial charge in [-0.3, -0.25) is 9.59 Å². The van der Waals surface area contributed by atoms with Crippen molar-refractivity contribution in [2.24, 2.45) is 0 Å². The second-order valence-electron chi connectivity index (χ2n) is 9.67. The Kier molecular flexibility index (Phi) is 9.92. The molecule has 0 unspecified atom stereocenters. The molecule has 38 heavy (non-hydrogen) atoms. The maximum absolute atomic E-state index is 12.4. The van der Waals surface area contributed by atoms with Crippen LogP contribution in [0.3, 0.4) is 0 Å².